The van der Waals surface area contributed by atoms with Gasteiger partial charge in [0.2, 0.25) is 0 Å². The van der Waals surface area contributed by atoms with Gasteiger partial charge in [0.1, 0.15) is 0 Å². The molecule has 0 saturated carbocycles. The number of nitrogens with zero attached hydrogens (tertiary/aromatic N) is 2. The van der Waals surface area contributed by atoms with E-state index >= 15 is 0 Å². The van der Waals surface area contributed by atoms with Gasteiger partial charge in [-0.15, -0.1) is 0 Å². The van der Waals surface area contributed by atoms with Gasteiger partial charge < -0.3 is 4.90 Å². The molecule has 54 valence electrons. The average Bonchev–Trinajstić information content (AvgIpc) is 1.63. The van der Waals surface area contributed by atoms with Crippen LogP contribution in [-0.2, 0) is 0 Å². The van der Waals surface area contributed by atoms with Gasteiger partial charge in [-0.3, -0.25) is 4.79 Å². The summed E-state index contributed by atoms with van der Waals surface area (Å²) in [6.45, 7) is 0. The highest BCUT2D eigenvalue weighted by Crippen LogP contribution is 2.06. The lowest BCUT2D eigenvalue weighted by Gasteiger charge is -2.12. The molecule has 1 amide bonds. The molecule has 3 nitrogen and oxygen atoms in total. The van der Waals surface area contributed by atoms with Gasteiger partial charge in [0.15, 0.2) is 0 Å². The number of amides is 1. The van der Waals surface area contributed by atoms with Crippen molar-refractivity contribution >= 4 is 17.2 Å². The minimum atomic E-state index is 0.0556. The third-order valence-corrected chi connectivity index (χ3v) is 1.51. The zero-order chi connectivity index (χ0) is 7.44. The largest absolute Gasteiger partial charge is 0.339 e. The van der Waals surface area contributed by atoms with Crippen molar-refractivity contribution in [3.63, 3.8) is 0 Å². The molecular formula is C5H12N2OS. The van der Waals surface area contributed by atoms with Gasteiger partial charge in [-0.25, -0.2) is 4.31 Å². The molecule has 0 aliphatic rings. The first-order valence-corrected chi connectivity index (χ1v) is 3.38. The minimum absolute atomic E-state index is 0.0556. The molecule has 0 aliphatic carbocycles. The van der Waals surface area contributed by atoms with Crippen LogP contribution in [0.1, 0.15) is 0 Å². The van der Waals surface area contributed by atoms with Crippen molar-refractivity contribution in [1.82, 2.24) is 9.21 Å². The summed E-state index contributed by atoms with van der Waals surface area (Å²) in [5.74, 6) is 0. The fourth-order valence-corrected chi connectivity index (χ4v) is 0.714. The first kappa shape index (κ1) is 8.78. The van der Waals surface area contributed by atoms with Gasteiger partial charge in [-0.05, 0) is 14.1 Å². The molecule has 0 fully saturated rings. The Morgan fingerprint density at radius 3 is 1.78 bits per heavy atom. The van der Waals surface area contributed by atoms with E-state index in [1.54, 1.807) is 23.3 Å². The van der Waals surface area contributed by atoms with E-state index in [2.05, 4.69) is 0 Å². The van der Waals surface area contributed by atoms with Crippen LogP contribution in [-0.4, -0.2) is 42.6 Å². The molecule has 4 heteroatoms. The van der Waals surface area contributed by atoms with Crippen molar-refractivity contribution in [2.24, 2.45) is 0 Å². The Kier molecular flexibility index (Phi) is 3.65. The van der Waals surface area contributed by atoms with Crippen molar-refractivity contribution in [3.05, 3.63) is 0 Å². The second-order valence-corrected chi connectivity index (χ2v) is 3.33. The molecule has 0 unspecified atom stereocenters. The highest BCUT2D eigenvalue weighted by atomic mass is 32.2. The molecule has 0 aromatic heterocycles. The first-order valence-electron chi connectivity index (χ1n) is 2.60. The van der Waals surface area contributed by atoms with Crippen LogP contribution in [0.5, 0.6) is 0 Å². The standard InChI is InChI=1S/C5H12N2OS/c1-6(2)5(8)9-7(3)4/h1-4H3. The fraction of sp³-hybridized carbons (Fsp3) is 0.800. The Morgan fingerprint density at radius 2 is 1.67 bits per heavy atom. The number of carbonyl (C=O) groups is 1. The van der Waals surface area contributed by atoms with Crippen LogP contribution < -0.4 is 0 Å². The van der Waals surface area contributed by atoms with E-state index in [1.807, 2.05) is 14.1 Å². The molecule has 0 atom stereocenters. The second kappa shape index (κ2) is 3.74. The maximum Gasteiger partial charge on any atom is 0.296 e. The van der Waals surface area contributed by atoms with E-state index in [1.165, 1.54) is 11.9 Å². The van der Waals surface area contributed by atoms with Crippen molar-refractivity contribution in [3.8, 4) is 0 Å². The molecule has 0 aromatic rings. The summed E-state index contributed by atoms with van der Waals surface area (Å²) in [7, 11) is 7.15. The highest BCUT2D eigenvalue weighted by molar-refractivity contribution is 8.11. The maximum absolute atomic E-state index is 10.8. The summed E-state index contributed by atoms with van der Waals surface area (Å²) in [6, 6.07) is 0. The SMILES string of the molecule is CN(C)SC(=O)N(C)C. The summed E-state index contributed by atoms with van der Waals surface area (Å²) in [4.78, 5) is 12.3. The number of hydrogen-bond donors (Lipinski definition) is 0. The monoisotopic (exact) mass is 148 g/mol. The third kappa shape index (κ3) is 4.29. The van der Waals surface area contributed by atoms with Gasteiger partial charge >= 0.3 is 0 Å². The zero-order valence-electron chi connectivity index (χ0n) is 6.21. The summed E-state index contributed by atoms with van der Waals surface area (Å²) in [6.07, 6.45) is 0. The van der Waals surface area contributed by atoms with Crippen LogP contribution in [0.3, 0.4) is 0 Å². The number of rotatable bonds is 1. The van der Waals surface area contributed by atoms with Crippen molar-refractivity contribution in [2.45, 2.75) is 0 Å². The quantitative estimate of drug-likeness (QED) is 0.516. The van der Waals surface area contributed by atoms with Crippen LogP contribution >= 0.6 is 11.9 Å². The molecule has 0 aromatic carbocycles. The Balaban J connectivity index is 3.51. The molecule has 0 rings (SSSR count). The number of hydrogen-bond acceptors (Lipinski definition) is 3. The molecule has 0 aliphatic heterocycles. The van der Waals surface area contributed by atoms with E-state index in [0.29, 0.717) is 0 Å². The van der Waals surface area contributed by atoms with E-state index < -0.39 is 0 Å². The molecule has 9 heavy (non-hydrogen) atoms. The molecular weight excluding hydrogens is 136 g/mol. The van der Waals surface area contributed by atoms with E-state index in [-0.39, 0.29) is 5.24 Å². The highest BCUT2D eigenvalue weighted by Gasteiger charge is 2.04. The summed E-state index contributed by atoms with van der Waals surface area (Å²) >= 11 is 1.18. The zero-order valence-corrected chi connectivity index (χ0v) is 7.03. The predicted octanol–water partition coefficient (Wildman–Crippen LogP) is 0.878. The number of carbonyl (C=O) groups excluding carboxylic acids is 1. The predicted molar refractivity (Wildman–Crippen MR) is 40.4 cm³/mol. The lowest BCUT2D eigenvalue weighted by molar-refractivity contribution is 0.240. The van der Waals surface area contributed by atoms with E-state index in [4.69, 9.17) is 0 Å². The first-order chi connectivity index (χ1) is 4.04. The van der Waals surface area contributed by atoms with Crippen LogP contribution in [0.2, 0.25) is 0 Å². The minimum Gasteiger partial charge on any atom is -0.339 e. The topological polar surface area (TPSA) is 23.6 Å². The van der Waals surface area contributed by atoms with Crippen molar-refractivity contribution < 1.29 is 4.79 Å². The molecule has 0 saturated heterocycles. The normalized spacial score (nSPS) is 9.89. The smallest absolute Gasteiger partial charge is 0.296 e. The van der Waals surface area contributed by atoms with Gasteiger partial charge in [0.05, 0.1) is 0 Å². The van der Waals surface area contributed by atoms with Gasteiger partial charge in [0.25, 0.3) is 5.24 Å². The fourth-order valence-electron chi connectivity index (χ4n) is 0.238. The lowest BCUT2D eigenvalue weighted by Crippen LogP contribution is -2.20. The Bertz CT molecular complexity index is 103. The van der Waals surface area contributed by atoms with Gasteiger partial charge in [-0.1, -0.05) is 0 Å². The Morgan fingerprint density at radius 1 is 1.22 bits per heavy atom. The maximum atomic E-state index is 10.8. The van der Waals surface area contributed by atoms with Gasteiger partial charge in [-0.2, -0.15) is 0 Å². The molecule has 0 heterocycles. The molecule has 0 N–H and O–H groups in total. The molecule has 0 radical (unpaired) electrons. The molecule has 0 spiro atoms. The molecule has 0 bridgehead atoms. The van der Waals surface area contributed by atoms with Crippen molar-refractivity contribution in [2.75, 3.05) is 28.2 Å². The Labute approximate surface area is 60.1 Å². The second-order valence-electron chi connectivity index (χ2n) is 2.06. The third-order valence-electron chi connectivity index (χ3n) is 0.626. The Hall–Kier alpha value is -0.220. The van der Waals surface area contributed by atoms with Crippen LogP contribution in [0.4, 0.5) is 4.79 Å². The summed E-state index contributed by atoms with van der Waals surface area (Å²) in [5, 5.41) is 0.0556. The van der Waals surface area contributed by atoms with E-state index in [0.717, 1.165) is 0 Å². The van der Waals surface area contributed by atoms with Crippen LogP contribution in [0.15, 0.2) is 0 Å². The average molecular weight is 148 g/mol. The lowest BCUT2D eigenvalue weighted by atomic mass is 11.0. The van der Waals surface area contributed by atoms with Crippen LogP contribution in [0, 0.1) is 0 Å². The summed E-state index contributed by atoms with van der Waals surface area (Å²) < 4.78 is 1.77. The van der Waals surface area contributed by atoms with E-state index in [9.17, 15) is 4.79 Å². The summed E-state index contributed by atoms with van der Waals surface area (Å²) in [5.41, 5.74) is 0. The van der Waals surface area contributed by atoms with Crippen molar-refractivity contribution in [1.29, 1.82) is 0 Å². The van der Waals surface area contributed by atoms with Gasteiger partial charge in [0, 0.05) is 26.0 Å². The van der Waals surface area contributed by atoms with Crippen LogP contribution in [0.25, 0.3) is 0 Å².